The summed E-state index contributed by atoms with van der Waals surface area (Å²) in [6, 6.07) is 7.63. The van der Waals surface area contributed by atoms with Crippen molar-refractivity contribution in [1.82, 2.24) is 19.4 Å². The molecule has 204 valence electrons. The molecule has 0 spiro atoms. The first-order chi connectivity index (χ1) is 18.1. The number of thiophene rings is 1. The van der Waals surface area contributed by atoms with Crippen molar-refractivity contribution in [3.05, 3.63) is 68.7 Å². The van der Waals surface area contributed by atoms with Crippen LogP contribution in [0.4, 0.5) is 0 Å². The fourth-order valence-corrected chi connectivity index (χ4v) is 5.97. The van der Waals surface area contributed by atoms with Gasteiger partial charge in [-0.3, -0.25) is 13.9 Å². The van der Waals surface area contributed by atoms with Crippen molar-refractivity contribution < 1.29 is 13.9 Å². The third-order valence-corrected chi connectivity index (χ3v) is 7.83. The molecule has 0 saturated heterocycles. The Morgan fingerprint density at radius 2 is 1.95 bits per heavy atom. The lowest BCUT2D eigenvalue weighted by Crippen LogP contribution is -2.53. The first-order valence-electron chi connectivity index (χ1n) is 12.8. The van der Waals surface area contributed by atoms with Gasteiger partial charge in [0.05, 0.1) is 41.8 Å². The molecule has 10 heteroatoms. The zero-order valence-corrected chi connectivity index (χ0v) is 23.8. The van der Waals surface area contributed by atoms with Crippen LogP contribution in [0.2, 0.25) is 0 Å². The molecule has 0 aliphatic heterocycles. The zero-order chi connectivity index (χ0) is 27.6. The Morgan fingerprint density at radius 1 is 1.21 bits per heavy atom. The highest BCUT2D eigenvalue weighted by atomic mass is 32.1. The minimum absolute atomic E-state index is 0.111. The maximum absolute atomic E-state index is 14.2. The summed E-state index contributed by atoms with van der Waals surface area (Å²) >= 11 is 1.33. The van der Waals surface area contributed by atoms with Crippen LogP contribution in [0, 0.1) is 6.92 Å². The standard InChI is InChI=1S/C28H36N4O5S/c1-8-29-16-28(5,6)32-25(33)22-18(4)23(24-30-13-14-36-24)38-26(22)31(27(32)34)15-21(37-17(2)3)19-11-9-10-12-20(19)35-7/h9-14,17,21,29H,8,15-16H2,1-7H3/t21-/m0/s1. The number of ether oxygens (including phenoxy) is 2. The average Bonchev–Trinajstić information content (AvgIpc) is 3.52. The van der Waals surface area contributed by atoms with E-state index in [0.717, 1.165) is 22.5 Å². The summed E-state index contributed by atoms with van der Waals surface area (Å²) in [6.45, 7) is 12.9. The van der Waals surface area contributed by atoms with E-state index in [0.29, 0.717) is 28.4 Å². The van der Waals surface area contributed by atoms with Gasteiger partial charge in [0.25, 0.3) is 5.56 Å². The summed E-state index contributed by atoms with van der Waals surface area (Å²) < 4.78 is 20.6. The number of para-hydroxylation sites is 1. The van der Waals surface area contributed by atoms with Crippen molar-refractivity contribution in [3.63, 3.8) is 0 Å². The molecule has 0 unspecified atom stereocenters. The van der Waals surface area contributed by atoms with E-state index >= 15 is 0 Å². The number of fused-ring (bicyclic) bond motifs is 1. The number of oxazole rings is 1. The first-order valence-corrected chi connectivity index (χ1v) is 13.6. The van der Waals surface area contributed by atoms with Gasteiger partial charge in [-0.2, -0.15) is 0 Å². The molecular weight excluding hydrogens is 504 g/mol. The second kappa shape index (κ2) is 11.3. The Balaban J connectivity index is 2.01. The van der Waals surface area contributed by atoms with E-state index in [1.165, 1.54) is 22.2 Å². The largest absolute Gasteiger partial charge is 0.496 e. The smallest absolute Gasteiger partial charge is 0.332 e. The van der Waals surface area contributed by atoms with E-state index in [2.05, 4.69) is 10.3 Å². The molecule has 4 rings (SSSR count). The van der Waals surface area contributed by atoms with E-state index in [9.17, 15) is 9.59 Å². The number of aryl methyl sites for hydroxylation is 1. The van der Waals surface area contributed by atoms with Crippen molar-refractivity contribution in [2.75, 3.05) is 20.2 Å². The van der Waals surface area contributed by atoms with Crippen molar-refractivity contribution in [2.24, 2.45) is 0 Å². The topological polar surface area (TPSA) is 101 Å². The van der Waals surface area contributed by atoms with E-state index in [-0.39, 0.29) is 18.2 Å². The quantitative estimate of drug-likeness (QED) is 0.294. The van der Waals surface area contributed by atoms with Gasteiger partial charge in [-0.15, -0.1) is 11.3 Å². The SMILES string of the molecule is CCNCC(C)(C)n1c(=O)c2c(C)c(-c3ncco3)sc2n(C[C@H](OC(C)C)c2ccccc2OC)c1=O. The number of aromatic nitrogens is 3. The molecular formula is C28H36N4O5S. The molecule has 0 amide bonds. The summed E-state index contributed by atoms with van der Waals surface area (Å²) in [6.07, 6.45) is 2.46. The second-order valence-electron chi connectivity index (χ2n) is 10.1. The number of methoxy groups -OCH3 is 1. The van der Waals surface area contributed by atoms with Crippen molar-refractivity contribution in [1.29, 1.82) is 0 Å². The van der Waals surface area contributed by atoms with E-state index < -0.39 is 17.3 Å². The summed E-state index contributed by atoms with van der Waals surface area (Å²) in [4.78, 5) is 33.8. The molecule has 0 aliphatic rings. The van der Waals surface area contributed by atoms with Crippen LogP contribution < -0.4 is 21.3 Å². The highest BCUT2D eigenvalue weighted by molar-refractivity contribution is 7.22. The van der Waals surface area contributed by atoms with Gasteiger partial charge >= 0.3 is 5.69 Å². The van der Waals surface area contributed by atoms with Gasteiger partial charge in [-0.1, -0.05) is 25.1 Å². The molecule has 9 nitrogen and oxygen atoms in total. The first kappa shape index (κ1) is 27.8. The summed E-state index contributed by atoms with van der Waals surface area (Å²) in [5, 5.41) is 3.77. The number of likely N-dealkylation sites (N-methyl/N-ethyl adjacent to an activating group) is 1. The van der Waals surface area contributed by atoms with Crippen LogP contribution in [0.1, 0.15) is 51.8 Å². The Hall–Kier alpha value is -3.21. The molecule has 3 aromatic heterocycles. The van der Waals surface area contributed by atoms with Crippen LogP contribution in [0.3, 0.4) is 0 Å². The van der Waals surface area contributed by atoms with Crippen LogP contribution in [0.25, 0.3) is 21.0 Å². The van der Waals surface area contributed by atoms with Crippen LogP contribution in [-0.2, 0) is 16.8 Å². The van der Waals surface area contributed by atoms with Crippen LogP contribution in [0.5, 0.6) is 5.75 Å². The number of nitrogens with zero attached hydrogens (tertiary/aromatic N) is 3. The van der Waals surface area contributed by atoms with E-state index in [1.807, 2.05) is 65.8 Å². The van der Waals surface area contributed by atoms with E-state index in [1.54, 1.807) is 17.9 Å². The molecule has 0 bridgehead atoms. The van der Waals surface area contributed by atoms with Gasteiger partial charge in [0, 0.05) is 12.1 Å². The minimum Gasteiger partial charge on any atom is -0.496 e. The lowest BCUT2D eigenvalue weighted by Gasteiger charge is -2.29. The third kappa shape index (κ3) is 5.21. The molecule has 0 aliphatic carbocycles. The molecule has 1 atom stereocenters. The monoisotopic (exact) mass is 540 g/mol. The molecule has 0 fully saturated rings. The Kier molecular flexibility index (Phi) is 8.25. The Labute approximate surface area is 226 Å². The second-order valence-corrected chi connectivity index (χ2v) is 11.1. The highest BCUT2D eigenvalue weighted by Gasteiger charge is 2.31. The summed E-state index contributed by atoms with van der Waals surface area (Å²) in [5.41, 5.74) is 0.0656. The summed E-state index contributed by atoms with van der Waals surface area (Å²) in [5.74, 6) is 1.09. The molecule has 0 saturated carbocycles. The fraction of sp³-hybridized carbons (Fsp3) is 0.464. The Bertz CT molecular complexity index is 1510. The molecule has 1 aromatic carbocycles. The predicted octanol–water partition coefficient (Wildman–Crippen LogP) is 4.71. The van der Waals surface area contributed by atoms with Gasteiger partial charge in [-0.05, 0) is 52.8 Å². The van der Waals surface area contributed by atoms with Gasteiger partial charge in [0.1, 0.15) is 22.9 Å². The number of hydrogen-bond acceptors (Lipinski definition) is 8. The zero-order valence-electron chi connectivity index (χ0n) is 23.0. The van der Waals surface area contributed by atoms with E-state index in [4.69, 9.17) is 13.9 Å². The number of nitrogens with one attached hydrogen (secondary N) is 1. The van der Waals surface area contributed by atoms with Crippen LogP contribution >= 0.6 is 11.3 Å². The van der Waals surface area contributed by atoms with Crippen LogP contribution in [-0.4, -0.2) is 40.4 Å². The predicted molar refractivity (Wildman–Crippen MR) is 150 cm³/mol. The number of rotatable bonds is 11. The van der Waals surface area contributed by atoms with Crippen molar-refractivity contribution >= 4 is 21.6 Å². The van der Waals surface area contributed by atoms with Crippen LogP contribution in [0.15, 0.2) is 50.7 Å². The Morgan fingerprint density at radius 3 is 2.58 bits per heavy atom. The molecule has 0 radical (unpaired) electrons. The molecule has 38 heavy (non-hydrogen) atoms. The van der Waals surface area contributed by atoms with Gasteiger partial charge in [-0.25, -0.2) is 9.78 Å². The summed E-state index contributed by atoms with van der Waals surface area (Å²) in [7, 11) is 1.62. The van der Waals surface area contributed by atoms with Crippen molar-refractivity contribution in [2.45, 2.75) is 65.8 Å². The molecule has 1 N–H and O–H groups in total. The third-order valence-electron chi connectivity index (χ3n) is 6.52. The minimum atomic E-state index is -0.781. The number of hydrogen-bond donors (Lipinski definition) is 1. The highest BCUT2D eigenvalue weighted by Crippen LogP contribution is 2.37. The average molecular weight is 541 g/mol. The maximum atomic E-state index is 14.2. The fourth-order valence-electron chi connectivity index (χ4n) is 4.73. The van der Waals surface area contributed by atoms with Gasteiger partial charge in [0.2, 0.25) is 5.89 Å². The lowest BCUT2D eigenvalue weighted by molar-refractivity contribution is -0.00473. The number of benzene rings is 1. The normalized spacial score (nSPS) is 12.9. The van der Waals surface area contributed by atoms with Gasteiger partial charge in [0.15, 0.2) is 0 Å². The maximum Gasteiger partial charge on any atom is 0.332 e. The van der Waals surface area contributed by atoms with Gasteiger partial charge < -0.3 is 19.2 Å². The molecule has 3 heterocycles. The molecule has 4 aromatic rings. The lowest BCUT2D eigenvalue weighted by atomic mass is 10.0. The van der Waals surface area contributed by atoms with Crippen molar-refractivity contribution in [3.8, 4) is 16.5 Å².